The number of anilines is 2. The molecule has 0 spiro atoms. The molecule has 1 aliphatic rings. The molecule has 0 atom stereocenters. The van der Waals surface area contributed by atoms with E-state index in [1.807, 2.05) is 42.5 Å². The van der Waals surface area contributed by atoms with Gasteiger partial charge in [-0.1, -0.05) is 36.4 Å². The summed E-state index contributed by atoms with van der Waals surface area (Å²) in [6.45, 7) is 0.956. The first-order chi connectivity index (χ1) is 14.6. The van der Waals surface area contributed by atoms with Crippen molar-refractivity contribution >= 4 is 34.1 Å². The maximum Gasteiger partial charge on any atom is 0.325 e. The molecular formula is C23H23N3O4. The second kappa shape index (κ2) is 8.32. The third kappa shape index (κ3) is 3.74. The van der Waals surface area contributed by atoms with Gasteiger partial charge in [-0.3, -0.25) is 9.69 Å². The number of urea groups is 1. The molecule has 154 valence electrons. The molecule has 0 unspecified atom stereocenters. The lowest BCUT2D eigenvalue weighted by atomic mass is 10.1. The average Bonchev–Trinajstić information content (AvgIpc) is 3.13. The van der Waals surface area contributed by atoms with Crippen molar-refractivity contribution in [2.24, 2.45) is 0 Å². The van der Waals surface area contributed by atoms with Gasteiger partial charge in [-0.05, 0) is 23.6 Å². The third-order valence-corrected chi connectivity index (χ3v) is 5.17. The molecule has 0 aromatic heterocycles. The van der Waals surface area contributed by atoms with Crippen LogP contribution in [0.5, 0.6) is 11.5 Å². The molecule has 1 aliphatic heterocycles. The van der Waals surface area contributed by atoms with Gasteiger partial charge in [0.1, 0.15) is 6.54 Å². The Morgan fingerprint density at radius 3 is 2.53 bits per heavy atom. The second-order valence-corrected chi connectivity index (χ2v) is 6.97. The van der Waals surface area contributed by atoms with Gasteiger partial charge in [-0.15, -0.1) is 0 Å². The third-order valence-electron chi connectivity index (χ3n) is 5.17. The molecule has 7 heteroatoms. The Kier molecular flexibility index (Phi) is 5.43. The molecule has 3 amide bonds. The van der Waals surface area contributed by atoms with Crippen molar-refractivity contribution in [3.8, 4) is 11.5 Å². The zero-order valence-electron chi connectivity index (χ0n) is 16.9. The van der Waals surface area contributed by atoms with Gasteiger partial charge >= 0.3 is 6.03 Å². The second-order valence-electron chi connectivity index (χ2n) is 6.97. The van der Waals surface area contributed by atoms with Gasteiger partial charge in [0.05, 0.1) is 14.2 Å². The summed E-state index contributed by atoms with van der Waals surface area (Å²) in [5, 5.41) is 4.95. The summed E-state index contributed by atoms with van der Waals surface area (Å²) in [7, 11) is 3.12. The molecule has 0 saturated carbocycles. The first-order valence-corrected chi connectivity index (χ1v) is 9.67. The smallest absolute Gasteiger partial charge is 0.325 e. The van der Waals surface area contributed by atoms with Crippen molar-refractivity contribution in [1.29, 1.82) is 0 Å². The Morgan fingerprint density at radius 1 is 0.967 bits per heavy atom. The number of amides is 3. The van der Waals surface area contributed by atoms with E-state index in [-0.39, 0.29) is 18.5 Å². The van der Waals surface area contributed by atoms with Crippen molar-refractivity contribution in [2.75, 3.05) is 44.1 Å². The SMILES string of the molecule is COc1ccc(N2CCN(CC(=O)Nc3cccc4ccccc34)C2=O)cc1OC. The zero-order chi connectivity index (χ0) is 21.1. The predicted molar refractivity (Wildman–Crippen MR) is 116 cm³/mol. The number of hydrogen-bond acceptors (Lipinski definition) is 4. The number of nitrogens with one attached hydrogen (secondary N) is 1. The predicted octanol–water partition coefficient (Wildman–Crippen LogP) is 3.74. The highest BCUT2D eigenvalue weighted by Gasteiger charge is 2.31. The summed E-state index contributed by atoms with van der Waals surface area (Å²) in [5.74, 6) is 0.919. The van der Waals surface area contributed by atoms with Crippen LogP contribution in [-0.4, -0.2) is 50.7 Å². The van der Waals surface area contributed by atoms with Gasteiger partial charge in [-0.2, -0.15) is 0 Å². The average molecular weight is 405 g/mol. The Hall–Kier alpha value is -3.74. The Labute approximate surface area is 174 Å². The van der Waals surface area contributed by atoms with E-state index in [4.69, 9.17) is 9.47 Å². The molecule has 1 saturated heterocycles. The number of hydrogen-bond donors (Lipinski definition) is 1. The Balaban J connectivity index is 1.45. The molecule has 30 heavy (non-hydrogen) atoms. The minimum Gasteiger partial charge on any atom is -0.493 e. The monoisotopic (exact) mass is 405 g/mol. The minimum absolute atomic E-state index is 0.00809. The first kappa shape index (κ1) is 19.6. The van der Waals surface area contributed by atoms with Gasteiger partial charge in [0.15, 0.2) is 11.5 Å². The lowest BCUT2D eigenvalue weighted by Gasteiger charge is -2.19. The van der Waals surface area contributed by atoms with E-state index in [0.29, 0.717) is 30.3 Å². The largest absolute Gasteiger partial charge is 0.493 e. The van der Waals surface area contributed by atoms with E-state index in [2.05, 4.69) is 5.32 Å². The minimum atomic E-state index is -0.228. The number of nitrogens with zero attached hydrogens (tertiary/aromatic N) is 2. The number of ether oxygens (including phenoxy) is 2. The Morgan fingerprint density at radius 2 is 1.73 bits per heavy atom. The highest BCUT2D eigenvalue weighted by molar-refractivity contribution is 6.04. The lowest BCUT2D eigenvalue weighted by molar-refractivity contribution is -0.116. The molecule has 0 aliphatic carbocycles. The van der Waals surface area contributed by atoms with Gasteiger partial charge in [0.25, 0.3) is 0 Å². The summed E-state index contributed by atoms with van der Waals surface area (Å²) in [6.07, 6.45) is 0. The van der Waals surface area contributed by atoms with Gasteiger partial charge in [0.2, 0.25) is 5.91 Å². The van der Waals surface area contributed by atoms with Crippen molar-refractivity contribution in [3.63, 3.8) is 0 Å². The molecule has 0 bridgehead atoms. The molecule has 3 aromatic rings. The fourth-order valence-electron chi connectivity index (χ4n) is 3.66. The van der Waals surface area contributed by atoms with Gasteiger partial charge in [-0.25, -0.2) is 4.79 Å². The zero-order valence-corrected chi connectivity index (χ0v) is 16.9. The summed E-state index contributed by atoms with van der Waals surface area (Å²) < 4.78 is 10.6. The van der Waals surface area contributed by atoms with Crippen LogP contribution >= 0.6 is 0 Å². The summed E-state index contributed by atoms with van der Waals surface area (Å²) in [5.41, 5.74) is 1.44. The van der Waals surface area contributed by atoms with Crippen molar-refractivity contribution in [1.82, 2.24) is 4.90 Å². The van der Waals surface area contributed by atoms with Gasteiger partial charge in [0, 0.05) is 35.9 Å². The molecule has 1 heterocycles. The molecule has 1 N–H and O–H groups in total. The lowest BCUT2D eigenvalue weighted by Crippen LogP contribution is -2.37. The highest BCUT2D eigenvalue weighted by atomic mass is 16.5. The van der Waals surface area contributed by atoms with E-state index < -0.39 is 0 Å². The van der Waals surface area contributed by atoms with E-state index >= 15 is 0 Å². The van der Waals surface area contributed by atoms with Crippen LogP contribution in [0.3, 0.4) is 0 Å². The molecule has 1 fully saturated rings. The number of methoxy groups -OCH3 is 2. The topological polar surface area (TPSA) is 71.1 Å². The van der Waals surface area contributed by atoms with Crippen LogP contribution in [-0.2, 0) is 4.79 Å². The molecule has 3 aromatic carbocycles. The summed E-state index contributed by atoms with van der Waals surface area (Å²) in [6, 6.07) is 18.7. The van der Waals surface area contributed by atoms with E-state index in [0.717, 1.165) is 16.5 Å². The number of carbonyl (C=O) groups excluding carboxylic acids is 2. The van der Waals surface area contributed by atoms with Crippen LogP contribution in [0.15, 0.2) is 60.7 Å². The van der Waals surface area contributed by atoms with Crippen LogP contribution in [0.4, 0.5) is 16.2 Å². The normalized spacial score (nSPS) is 13.6. The molecule has 4 rings (SSSR count). The van der Waals surface area contributed by atoms with Crippen molar-refractivity contribution < 1.29 is 19.1 Å². The molecular weight excluding hydrogens is 382 g/mol. The fourth-order valence-corrected chi connectivity index (χ4v) is 3.66. The highest BCUT2D eigenvalue weighted by Crippen LogP contribution is 2.32. The van der Waals surface area contributed by atoms with E-state index in [9.17, 15) is 9.59 Å². The maximum absolute atomic E-state index is 12.9. The number of rotatable bonds is 6. The van der Waals surface area contributed by atoms with Crippen LogP contribution in [0.1, 0.15) is 0 Å². The quantitative estimate of drug-likeness (QED) is 0.678. The Bertz CT molecular complexity index is 1090. The van der Waals surface area contributed by atoms with Crippen molar-refractivity contribution in [2.45, 2.75) is 0 Å². The van der Waals surface area contributed by atoms with Crippen LogP contribution in [0, 0.1) is 0 Å². The summed E-state index contributed by atoms with van der Waals surface area (Å²) in [4.78, 5) is 28.7. The van der Waals surface area contributed by atoms with E-state index in [1.165, 1.54) is 4.90 Å². The number of carbonyl (C=O) groups is 2. The van der Waals surface area contributed by atoms with Crippen LogP contribution in [0.2, 0.25) is 0 Å². The first-order valence-electron chi connectivity index (χ1n) is 9.67. The molecule has 7 nitrogen and oxygen atoms in total. The molecule has 0 radical (unpaired) electrons. The number of benzene rings is 3. The van der Waals surface area contributed by atoms with Crippen molar-refractivity contribution in [3.05, 3.63) is 60.7 Å². The van der Waals surface area contributed by atoms with Crippen LogP contribution < -0.4 is 19.7 Å². The standard InChI is InChI=1S/C23H23N3O4/c1-29-20-11-10-17(14-21(20)30-2)26-13-12-25(23(26)28)15-22(27)24-19-9-5-7-16-6-3-4-8-18(16)19/h3-11,14H,12-13,15H2,1-2H3,(H,24,27). The number of fused-ring (bicyclic) bond motifs is 1. The summed E-state index contributed by atoms with van der Waals surface area (Å²) >= 11 is 0. The maximum atomic E-state index is 12.9. The van der Waals surface area contributed by atoms with E-state index in [1.54, 1.807) is 37.3 Å². The van der Waals surface area contributed by atoms with Gasteiger partial charge < -0.3 is 19.7 Å². The fraction of sp³-hybridized carbons (Fsp3) is 0.217. The van der Waals surface area contributed by atoms with Crippen LogP contribution in [0.25, 0.3) is 10.8 Å².